The molecule has 1 aliphatic heterocycles. The highest BCUT2D eigenvalue weighted by atomic mass is 16.6. The molecule has 0 radical (unpaired) electrons. The van der Waals surface area contributed by atoms with Gasteiger partial charge in [0.15, 0.2) is 6.73 Å². The summed E-state index contributed by atoms with van der Waals surface area (Å²) in [6.45, 7) is -0.562. The van der Waals surface area contributed by atoms with Gasteiger partial charge in [0.25, 0.3) is 17.5 Å². The van der Waals surface area contributed by atoms with Crippen LogP contribution in [0.3, 0.4) is 0 Å². The molecule has 0 atom stereocenters. The minimum absolute atomic E-state index is 0.0409. The van der Waals surface area contributed by atoms with Crippen LogP contribution in [-0.4, -0.2) is 34.3 Å². The van der Waals surface area contributed by atoms with E-state index in [1.807, 2.05) is 0 Å². The summed E-state index contributed by atoms with van der Waals surface area (Å²) in [5, 5.41) is 10.7. The lowest BCUT2D eigenvalue weighted by atomic mass is 10.1. The van der Waals surface area contributed by atoms with Crippen molar-refractivity contribution in [2.24, 2.45) is 0 Å². The summed E-state index contributed by atoms with van der Waals surface area (Å²) < 4.78 is 4.94. The number of benzene rings is 2. The summed E-state index contributed by atoms with van der Waals surface area (Å²) in [7, 11) is 0. The van der Waals surface area contributed by atoms with Crippen LogP contribution in [0, 0.1) is 10.1 Å². The van der Waals surface area contributed by atoms with Gasteiger partial charge in [-0.3, -0.25) is 19.7 Å². The number of nitro benzene ring substituents is 1. The first-order valence-electron chi connectivity index (χ1n) is 6.86. The highest BCUT2D eigenvalue weighted by Crippen LogP contribution is 2.22. The van der Waals surface area contributed by atoms with E-state index in [-0.39, 0.29) is 22.4 Å². The number of nitro groups is 1. The summed E-state index contributed by atoms with van der Waals surface area (Å²) in [5.41, 5.74) is 0.189. The van der Waals surface area contributed by atoms with Gasteiger partial charge in [0, 0.05) is 12.1 Å². The van der Waals surface area contributed by atoms with Crippen molar-refractivity contribution in [3.05, 3.63) is 75.3 Å². The van der Waals surface area contributed by atoms with Gasteiger partial charge >= 0.3 is 5.97 Å². The number of amides is 2. The molecule has 0 saturated carbocycles. The number of nitrogens with zero attached hydrogens (tertiary/aromatic N) is 2. The summed E-state index contributed by atoms with van der Waals surface area (Å²) in [6.07, 6.45) is 0. The van der Waals surface area contributed by atoms with Gasteiger partial charge < -0.3 is 4.74 Å². The number of carbonyl (C=O) groups excluding carboxylic acids is 3. The van der Waals surface area contributed by atoms with E-state index in [1.165, 1.54) is 30.3 Å². The quantitative estimate of drug-likeness (QED) is 0.368. The van der Waals surface area contributed by atoms with Gasteiger partial charge in [0.2, 0.25) is 0 Å². The highest BCUT2D eigenvalue weighted by Gasteiger charge is 2.35. The van der Waals surface area contributed by atoms with E-state index < -0.39 is 29.4 Å². The van der Waals surface area contributed by atoms with Crippen molar-refractivity contribution in [3.63, 3.8) is 0 Å². The lowest BCUT2D eigenvalue weighted by Gasteiger charge is -2.13. The van der Waals surface area contributed by atoms with E-state index in [4.69, 9.17) is 4.74 Å². The van der Waals surface area contributed by atoms with Gasteiger partial charge in [-0.1, -0.05) is 18.2 Å². The number of fused-ring (bicyclic) bond motifs is 1. The molecule has 2 amide bonds. The molecule has 3 rings (SSSR count). The molecule has 2 aromatic carbocycles. The van der Waals surface area contributed by atoms with Crippen LogP contribution in [0.15, 0.2) is 48.5 Å². The first-order valence-corrected chi connectivity index (χ1v) is 6.86. The summed E-state index contributed by atoms with van der Waals surface area (Å²) >= 11 is 0. The molecule has 0 aromatic heterocycles. The Hall–Kier alpha value is -3.55. The minimum atomic E-state index is -0.866. The maximum Gasteiger partial charge on any atom is 0.340 e. The second-order valence-electron chi connectivity index (χ2n) is 4.95. The third kappa shape index (κ3) is 2.60. The Balaban J connectivity index is 1.72. The number of imide groups is 1. The minimum Gasteiger partial charge on any atom is -0.440 e. The number of hydrogen-bond donors (Lipinski definition) is 0. The van der Waals surface area contributed by atoms with Crippen molar-refractivity contribution in [2.45, 2.75) is 0 Å². The fourth-order valence-electron chi connectivity index (χ4n) is 2.31. The molecule has 1 aliphatic rings. The predicted molar refractivity (Wildman–Crippen MR) is 80.3 cm³/mol. The first kappa shape index (κ1) is 15.3. The van der Waals surface area contributed by atoms with Gasteiger partial charge in [-0.05, 0) is 18.2 Å². The lowest BCUT2D eigenvalue weighted by Crippen LogP contribution is -2.33. The molecule has 0 bridgehead atoms. The van der Waals surface area contributed by atoms with Crippen molar-refractivity contribution in [3.8, 4) is 0 Å². The molecule has 0 spiro atoms. The van der Waals surface area contributed by atoms with Gasteiger partial charge in [-0.25, -0.2) is 9.69 Å². The third-order valence-electron chi connectivity index (χ3n) is 3.50. The van der Waals surface area contributed by atoms with E-state index in [0.29, 0.717) is 0 Å². The molecule has 0 aliphatic carbocycles. The lowest BCUT2D eigenvalue weighted by molar-refractivity contribution is -0.384. The van der Waals surface area contributed by atoms with E-state index in [2.05, 4.69) is 0 Å². The Morgan fingerprint density at radius 1 is 1.04 bits per heavy atom. The summed E-state index contributed by atoms with van der Waals surface area (Å²) in [6, 6.07) is 11.3. The maximum absolute atomic E-state index is 12.1. The predicted octanol–water partition coefficient (Wildman–Crippen LogP) is 2.01. The molecule has 0 N–H and O–H groups in total. The van der Waals surface area contributed by atoms with Gasteiger partial charge in [-0.2, -0.15) is 0 Å². The number of hydrogen-bond acceptors (Lipinski definition) is 6. The van der Waals surface area contributed by atoms with Crippen LogP contribution in [0.1, 0.15) is 31.1 Å². The zero-order chi connectivity index (χ0) is 17.3. The zero-order valence-electron chi connectivity index (χ0n) is 12.2. The highest BCUT2D eigenvalue weighted by molar-refractivity contribution is 6.21. The fraction of sp³-hybridized carbons (Fsp3) is 0.0625. The Bertz CT molecular complexity index is 841. The number of ether oxygens (including phenoxy) is 1. The molecule has 8 nitrogen and oxygen atoms in total. The standard InChI is InChI=1S/C16H10N2O6/c19-14-12-6-1-2-7-13(12)15(20)17(14)9-24-16(21)10-4-3-5-11(8-10)18(22)23/h1-8H,9H2. The van der Waals surface area contributed by atoms with Crippen molar-refractivity contribution >= 4 is 23.5 Å². The summed E-state index contributed by atoms with van der Waals surface area (Å²) in [4.78, 5) is 47.1. The molecule has 2 aromatic rings. The molecular weight excluding hydrogens is 316 g/mol. The molecule has 8 heteroatoms. The van der Waals surface area contributed by atoms with Crippen LogP contribution in [0.2, 0.25) is 0 Å². The van der Waals surface area contributed by atoms with Gasteiger partial charge in [-0.15, -0.1) is 0 Å². The normalized spacial score (nSPS) is 12.9. The third-order valence-corrected chi connectivity index (χ3v) is 3.50. The number of esters is 1. The Kier molecular flexibility index (Phi) is 3.78. The first-order chi connectivity index (χ1) is 11.5. The smallest absolute Gasteiger partial charge is 0.340 e. The molecule has 120 valence electrons. The van der Waals surface area contributed by atoms with Crippen LogP contribution in [0.25, 0.3) is 0 Å². The molecular formula is C16H10N2O6. The van der Waals surface area contributed by atoms with Crippen LogP contribution < -0.4 is 0 Å². The van der Waals surface area contributed by atoms with Crippen LogP contribution in [0.5, 0.6) is 0 Å². The average Bonchev–Trinajstić information content (AvgIpc) is 2.84. The van der Waals surface area contributed by atoms with E-state index >= 15 is 0 Å². The average molecular weight is 326 g/mol. The Labute approximate surface area is 135 Å². The SMILES string of the molecule is O=C(OCN1C(=O)c2ccccc2C1=O)c1cccc([N+](=O)[O-])c1. The second kappa shape index (κ2) is 5.92. The van der Waals surface area contributed by atoms with Crippen LogP contribution >= 0.6 is 0 Å². The van der Waals surface area contributed by atoms with Crippen LogP contribution in [0.4, 0.5) is 5.69 Å². The number of rotatable bonds is 4. The molecule has 0 fully saturated rings. The number of carbonyl (C=O) groups is 3. The molecule has 0 saturated heterocycles. The van der Waals surface area contributed by atoms with Crippen molar-refractivity contribution < 1.29 is 24.0 Å². The fourth-order valence-corrected chi connectivity index (χ4v) is 2.31. The molecule has 1 heterocycles. The molecule has 0 unspecified atom stereocenters. The Morgan fingerprint density at radius 3 is 2.25 bits per heavy atom. The summed E-state index contributed by atoms with van der Waals surface area (Å²) in [5.74, 6) is -1.97. The molecule has 24 heavy (non-hydrogen) atoms. The van der Waals surface area contributed by atoms with Crippen molar-refractivity contribution in [1.82, 2.24) is 4.90 Å². The van der Waals surface area contributed by atoms with Gasteiger partial charge in [0.1, 0.15) is 0 Å². The largest absolute Gasteiger partial charge is 0.440 e. The van der Waals surface area contributed by atoms with E-state index in [0.717, 1.165) is 11.0 Å². The second-order valence-corrected chi connectivity index (χ2v) is 4.95. The monoisotopic (exact) mass is 326 g/mol. The zero-order valence-corrected chi connectivity index (χ0v) is 12.2. The van der Waals surface area contributed by atoms with Gasteiger partial charge in [0.05, 0.1) is 21.6 Å². The Morgan fingerprint density at radius 2 is 1.67 bits per heavy atom. The van der Waals surface area contributed by atoms with E-state index in [1.54, 1.807) is 12.1 Å². The number of non-ortho nitro benzene ring substituents is 1. The van der Waals surface area contributed by atoms with Crippen molar-refractivity contribution in [1.29, 1.82) is 0 Å². The maximum atomic E-state index is 12.1. The van der Waals surface area contributed by atoms with Crippen molar-refractivity contribution in [2.75, 3.05) is 6.73 Å². The van der Waals surface area contributed by atoms with E-state index in [9.17, 15) is 24.5 Å². The topological polar surface area (TPSA) is 107 Å². The van der Waals surface area contributed by atoms with Crippen LogP contribution in [-0.2, 0) is 4.74 Å².